The van der Waals surface area contributed by atoms with Crippen LogP contribution >= 0.6 is 0 Å². The first-order chi connectivity index (χ1) is 10.5. The van der Waals surface area contributed by atoms with Crippen molar-refractivity contribution in [2.75, 3.05) is 18.4 Å². The Hall–Kier alpha value is -2.31. The van der Waals surface area contributed by atoms with E-state index in [1.165, 1.54) is 4.90 Å². The van der Waals surface area contributed by atoms with Crippen molar-refractivity contribution in [3.63, 3.8) is 0 Å². The number of anilines is 1. The van der Waals surface area contributed by atoms with Crippen LogP contribution in [0.15, 0.2) is 18.3 Å². The summed E-state index contributed by atoms with van der Waals surface area (Å²) in [5.74, 6) is 0.568. The predicted molar refractivity (Wildman–Crippen MR) is 83.1 cm³/mol. The molecule has 2 heterocycles. The minimum Gasteiger partial charge on any atom is -0.465 e. The number of amides is 2. The molecule has 1 saturated heterocycles. The van der Waals surface area contributed by atoms with Crippen LogP contribution < -0.4 is 10.6 Å². The third-order valence-electron chi connectivity index (χ3n) is 3.56. The molecule has 0 unspecified atom stereocenters. The van der Waals surface area contributed by atoms with Crippen molar-refractivity contribution in [3.8, 4) is 0 Å². The maximum absolute atomic E-state index is 12.2. The molecule has 1 aliphatic heterocycles. The number of nitrogens with one attached hydrogen (secondary N) is 2. The first-order valence-corrected chi connectivity index (χ1v) is 7.47. The molecule has 7 nitrogen and oxygen atoms in total. The van der Waals surface area contributed by atoms with E-state index in [4.69, 9.17) is 5.11 Å². The lowest BCUT2D eigenvalue weighted by Gasteiger charge is -2.30. The Morgan fingerprint density at radius 1 is 1.32 bits per heavy atom. The van der Waals surface area contributed by atoms with Gasteiger partial charge in [-0.3, -0.25) is 4.79 Å². The van der Waals surface area contributed by atoms with Gasteiger partial charge in [-0.15, -0.1) is 0 Å². The van der Waals surface area contributed by atoms with Crippen molar-refractivity contribution >= 4 is 17.8 Å². The summed E-state index contributed by atoms with van der Waals surface area (Å²) in [6, 6.07) is 3.81. The highest BCUT2D eigenvalue weighted by Gasteiger charge is 2.23. The highest BCUT2D eigenvalue weighted by atomic mass is 16.4. The molecular weight excluding hydrogens is 284 g/mol. The smallest absolute Gasteiger partial charge is 0.407 e. The summed E-state index contributed by atoms with van der Waals surface area (Å²) >= 11 is 0. The van der Waals surface area contributed by atoms with E-state index in [-0.39, 0.29) is 18.0 Å². The van der Waals surface area contributed by atoms with Crippen LogP contribution in [0.25, 0.3) is 0 Å². The molecule has 0 atom stereocenters. The van der Waals surface area contributed by atoms with Gasteiger partial charge in [-0.2, -0.15) is 0 Å². The molecule has 0 aliphatic carbocycles. The molecule has 1 fully saturated rings. The SMILES string of the molecule is CC(C)Nc1ccc(C(=O)NC2CCN(C(=O)O)CC2)cn1. The Morgan fingerprint density at radius 2 is 2.00 bits per heavy atom. The van der Waals surface area contributed by atoms with Gasteiger partial charge in [-0.1, -0.05) is 0 Å². The fourth-order valence-electron chi connectivity index (χ4n) is 2.39. The number of hydrogen-bond acceptors (Lipinski definition) is 4. The maximum atomic E-state index is 12.2. The van der Waals surface area contributed by atoms with E-state index in [2.05, 4.69) is 15.6 Å². The fourth-order valence-corrected chi connectivity index (χ4v) is 2.39. The third-order valence-corrected chi connectivity index (χ3v) is 3.56. The first kappa shape index (κ1) is 16.1. The van der Waals surface area contributed by atoms with Gasteiger partial charge in [0.25, 0.3) is 5.91 Å². The van der Waals surface area contributed by atoms with Gasteiger partial charge >= 0.3 is 6.09 Å². The number of carboxylic acid groups (broad SMARTS) is 1. The minimum absolute atomic E-state index is 0.0107. The Bertz CT molecular complexity index is 522. The van der Waals surface area contributed by atoms with Crippen molar-refractivity contribution in [2.45, 2.75) is 38.8 Å². The number of pyridine rings is 1. The molecule has 0 spiro atoms. The number of piperidine rings is 1. The Balaban J connectivity index is 1.86. The van der Waals surface area contributed by atoms with Gasteiger partial charge < -0.3 is 20.6 Å². The summed E-state index contributed by atoms with van der Waals surface area (Å²) in [6.07, 6.45) is 1.92. The van der Waals surface area contributed by atoms with Crippen LogP contribution in [0.2, 0.25) is 0 Å². The zero-order chi connectivity index (χ0) is 16.1. The summed E-state index contributed by atoms with van der Waals surface area (Å²) in [4.78, 5) is 28.6. The molecule has 2 rings (SSSR count). The molecule has 0 bridgehead atoms. The second-order valence-corrected chi connectivity index (χ2v) is 5.75. The lowest BCUT2D eigenvalue weighted by Crippen LogP contribution is -2.46. The Kier molecular flexibility index (Phi) is 5.19. The van der Waals surface area contributed by atoms with Gasteiger partial charge in [-0.05, 0) is 38.8 Å². The van der Waals surface area contributed by atoms with Gasteiger partial charge in [-0.25, -0.2) is 9.78 Å². The number of carbonyl (C=O) groups is 2. The number of carbonyl (C=O) groups excluding carboxylic acids is 1. The average molecular weight is 306 g/mol. The molecule has 3 N–H and O–H groups in total. The average Bonchev–Trinajstić information content (AvgIpc) is 2.48. The standard InChI is InChI=1S/C15H22N4O3/c1-10(2)17-13-4-3-11(9-16-13)14(20)18-12-5-7-19(8-6-12)15(21)22/h3-4,9-10,12H,5-8H2,1-2H3,(H,16,17)(H,18,20)(H,21,22). The minimum atomic E-state index is -0.901. The zero-order valence-corrected chi connectivity index (χ0v) is 12.9. The van der Waals surface area contributed by atoms with Gasteiger partial charge in [0.2, 0.25) is 0 Å². The Labute approximate surface area is 129 Å². The topological polar surface area (TPSA) is 94.6 Å². The van der Waals surface area contributed by atoms with E-state index >= 15 is 0 Å². The first-order valence-electron chi connectivity index (χ1n) is 7.47. The van der Waals surface area contributed by atoms with Crippen LogP contribution in [-0.2, 0) is 0 Å². The summed E-state index contributed by atoms with van der Waals surface area (Å²) < 4.78 is 0. The van der Waals surface area contributed by atoms with Crippen LogP contribution in [0.3, 0.4) is 0 Å². The molecule has 1 aliphatic rings. The van der Waals surface area contributed by atoms with Gasteiger partial charge in [0.15, 0.2) is 0 Å². The van der Waals surface area contributed by atoms with Crippen molar-refractivity contribution in [3.05, 3.63) is 23.9 Å². The van der Waals surface area contributed by atoms with Gasteiger partial charge in [0.1, 0.15) is 5.82 Å². The van der Waals surface area contributed by atoms with Crippen molar-refractivity contribution < 1.29 is 14.7 Å². The van der Waals surface area contributed by atoms with E-state index in [1.807, 2.05) is 13.8 Å². The second-order valence-electron chi connectivity index (χ2n) is 5.75. The molecule has 0 aromatic carbocycles. The normalized spacial score (nSPS) is 15.7. The number of likely N-dealkylation sites (tertiary alicyclic amines) is 1. The van der Waals surface area contributed by atoms with Crippen molar-refractivity contribution in [1.29, 1.82) is 0 Å². The van der Waals surface area contributed by atoms with E-state index in [0.717, 1.165) is 5.82 Å². The number of hydrogen-bond donors (Lipinski definition) is 3. The van der Waals surface area contributed by atoms with Crippen molar-refractivity contribution in [2.24, 2.45) is 0 Å². The summed E-state index contributed by atoms with van der Waals surface area (Å²) in [6.45, 7) is 4.95. The van der Waals surface area contributed by atoms with Gasteiger partial charge in [0, 0.05) is 31.4 Å². The molecule has 1 aromatic heterocycles. The largest absolute Gasteiger partial charge is 0.465 e. The third kappa shape index (κ3) is 4.34. The van der Waals surface area contributed by atoms with Crippen LogP contribution in [0.5, 0.6) is 0 Å². The predicted octanol–water partition coefficient (Wildman–Crippen LogP) is 1.77. The molecule has 0 saturated carbocycles. The van der Waals surface area contributed by atoms with Crippen LogP contribution in [0.1, 0.15) is 37.0 Å². The van der Waals surface area contributed by atoms with Crippen molar-refractivity contribution in [1.82, 2.24) is 15.2 Å². The van der Waals surface area contributed by atoms with E-state index in [1.54, 1.807) is 18.3 Å². The van der Waals surface area contributed by atoms with E-state index in [0.29, 0.717) is 31.5 Å². The fraction of sp³-hybridized carbons (Fsp3) is 0.533. The maximum Gasteiger partial charge on any atom is 0.407 e. The monoisotopic (exact) mass is 306 g/mol. The molecule has 0 radical (unpaired) electrons. The van der Waals surface area contributed by atoms with Crippen LogP contribution in [0, 0.1) is 0 Å². The van der Waals surface area contributed by atoms with Crippen LogP contribution in [0.4, 0.5) is 10.6 Å². The number of rotatable bonds is 4. The highest BCUT2D eigenvalue weighted by molar-refractivity contribution is 5.94. The highest BCUT2D eigenvalue weighted by Crippen LogP contribution is 2.12. The number of nitrogens with zero attached hydrogens (tertiary/aromatic N) is 2. The van der Waals surface area contributed by atoms with Gasteiger partial charge in [0.05, 0.1) is 5.56 Å². The zero-order valence-electron chi connectivity index (χ0n) is 12.9. The van der Waals surface area contributed by atoms with Crippen LogP contribution in [-0.4, -0.2) is 52.2 Å². The second kappa shape index (κ2) is 7.11. The Morgan fingerprint density at radius 3 is 2.50 bits per heavy atom. The molecule has 7 heteroatoms. The molecule has 2 amide bonds. The molecular formula is C15H22N4O3. The van der Waals surface area contributed by atoms with E-state index in [9.17, 15) is 9.59 Å². The number of aromatic nitrogens is 1. The lowest BCUT2D eigenvalue weighted by atomic mass is 10.0. The molecule has 120 valence electrons. The quantitative estimate of drug-likeness (QED) is 0.788. The summed E-state index contributed by atoms with van der Waals surface area (Å²) in [5.41, 5.74) is 0.509. The van der Waals surface area contributed by atoms with E-state index < -0.39 is 6.09 Å². The summed E-state index contributed by atoms with van der Waals surface area (Å²) in [5, 5.41) is 15.0. The molecule has 1 aromatic rings. The molecule has 22 heavy (non-hydrogen) atoms. The summed E-state index contributed by atoms with van der Waals surface area (Å²) in [7, 11) is 0. The lowest BCUT2D eigenvalue weighted by molar-refractivity contribution is 0.0907.